The Kier molecular flexibility index (Phi) is 7.26. The first-order valence-electron chi connectivity index (χ1n) is 13.2. The fraction of sp³-hybridized carbons (Fsp3) is 0.355. The average Bonchev–Trinajstić information content (AvgIpc) is 3.34. The molecule has 5 rings (SSSR count). The lowest BCUT2D eigenvalue weighted by molar-refractivity contribution is -0.123. The van der Waals surface area contributed by atoms with Gasteiger partial charge >= 0.3 is 0 Å². The normalized spacial score (nSPS) is 21.6. The lowest BCUT2D eigenvalue weighted by Gasteiger charge is -2.41. The Hall–Kier alpha value is -3.67. The summed E-state index contributed by atoms with van der Waals surface area (Å²) >= 11 is 0. The average molecular weight is 500 g/mol. The Morgan fingerprint density at radius 1 is 0.919 bits per heavy atom. The highest BCUT2D eigenvalue weighted by Crippen LogP contribution is 2.38. The van der Waals surface area contributed by atoms with E-state index < -0.39 is 17.8 Å². The zero-order valence-corrected chi connectivity index (χ0v) is 21.5. The van der Waals surface area contributed by atoms with E-state index in [2.05, 4.69) is 23.2 Å². The van der Waals surface area contributed by atoms with Crippen molar-refractivity contribution < 1.29 is 14.0 Å². The van der Waals surface area contributed by atoms with Crippen molar-refractivity contribution in [2.45, 2.75) is 51.6 Å². The summed E-state index contributed by atoms with van der Waals surface area (Å²) in [6, 6.07) is 22.3. The van der Waals surface area contributed by atoms with E-state index in [1.807, 2.05) is 48.5 Å². The van der Waals surface area contributed by atoms with Gasteiger partial charge < -0.3 is 15.1 Å². The number of anilines is 2. The number of amides is 2. The maximum absolute atomic E-state index is 14.8. The molecule has 5 nitrogen and oxygen atoms in total. The van der Waals surface area contributed by atoms with Crippen LogP contribution in [-0.2, 0) is 4.79 Å². The van der Waals surface area contributed by atoms with Crippen LogP contribution < -0.4 is 10.2 Å². The van der Waals surface area contributed by atoms with Crippen molar-refractivity contribution in [3.63, 3.8) is 0 Å². The van der Waals surface area contributed by atoms with Gasteiger partial charge in [-0.1, -0.05) is 48.5 Å². The largest absolute Gasteiger partial charge is 0.369 e. The molecule has 2 aliphatic rings. The van der Waals surface area contributed by atoms with Crippen LogP contribution in [-0.4, -0.2) is 35.8 Å². The smallest absolute Gasteiger partial charge is 0.257 e. The molecule has 6 heteroatoms. The van der Waals surface area contributed by atoms with Gasteiger partial charge in [-0.15, -0.1) is 0 Å². The highest BCUT2D eigenvalue weighted by molar-refractivity contribution is 5.98. The van der Waals surface area contributed by atoms with E-state index >= 15 is 0 Å². The minimum Gasteiger partial charge on any atom is -0.369 e. The zero-order chi connectivity index (χ0) is 25.9. The van der Waals surface area contributed by atoms with Gasteiger partial charge in [0.15, 0.2) is 0 Å². The molecule has 0 aliphatic carbocycles. The molecule has 2 heterocycles. The first kappa shape index (κ1) is 25.0. The molecule has 37 heavy (non-hydrogen) atoms. The summed E-state index contributed by atoms with van der Waals surface area (Å²) in [7, 11) is 0. The Morgan fingerprint density at radius 2 is 1.68 bits per heavy atom. The molecule has 2 fully saturated rings. The lowest BCUT2D eigenvalue weighted by atomic mass is 9.83. The molecular weight excluding hydrogens is 465 g/mol. The van der Waals surface area contributed by atoms with Gasteiger partial charge in [0.05, 0.1) is 17.5 Å². The summed E-state index contributed by atoms with van der Waals surface area (Å²) in [6.45, 7) is 5.46. The van der Waals surface area contributed by atoms with Gasteiger partial charge in [-0.3, -0.25) is 9.59 Å². The fourth-order valence-electron chi connectivity index (χ4n) is 5.92. The zero-order valence-electron chi connectivity index (χ0n) is 21.5. The second-order valence-corrected chi connectivity index (χ2v) is 10.3. The molecule has 3 atom stereocenters. The Bertz CT molecular complexity index is 1260. The highest BCUT2D eigenvalue weighted by atomic mass is 19.1. The molecule has 3 aromatic carbocycles. The van der Waals surface area contributed by atoms with Gasteiger partial charge in [0.2, 0.25) is 5.91 Å². The summed E-state index contributed by atoms with van der Waals surface area (Å²) in [5.41, 5.74) is 3.41. The van der Waals surface area contributed by atoms with Crippen molar-refractivity contribution in [2.24, 2.45) is 5.92 Å². The molecule has 2 amide bonds. The SMILES string of the molecule is Cc1cccc(F)c1C(=O)N1CCC[C@H](C(=O)Nc2cccc(N3CCC[C@H]3C)c2)[C@@H]1c1ccccc1. The van der Waals surface area contributed by atoms with Crippen molar-refractivity contribution in [1.29, 1.82) is 0 Å². The number of carbonyl (C=O) groups is 2. The monoisotopic (exact) mass is 499 g/mol. The van der Waals surface area contributed by atoms with Gasteiger partial charge in [0, 0.05) is 30.5 Å². The number of nitrogens with zero attached hydrogens (tertiary/aromatic N) is 2. The summed E-state index contributed by atoms with van der Waals surface area (Å²) < 4.78 is 14.8. The van der Waals surface area contributed by atoms with Gasteiger partial charge in [-0.05, 0) is 74.9 Å². The fourth-order valence-corrected chi connectivity index (χ4v) is 5.92. The van der Waals surface area contributed by atoms with Crippen LogP contribution in [0.1, 0.15) is 60.1 Å². The van der Waals surface area contributed by atoms with Crippen molar-refractivity contribution in [2.75, 3.05) is 23.3 Å². The van der Waals surface area contributed by atoms with E-state index in [1.54, 1.807) is 24.0 Å². The van der Waals surface area contributed by atoms with Crippen molar-refractivity contribution >= 4 is 23.2 Å². The van der Waals surface area contributed by atoms with E-state index in [9.17, 15) is 14.0 Å². The molecule has 0 saturated carbocycles. The number of carbonyl (C=O) groups excluding carboxylic acids is 2. The lowest BCUT2D eigenvalue weighted by Crippen LogP contribution is -2.46. The van der Waals surface area contributed by atoms with Crippen LogP contribution in [0.5, 0.6) is 0 Å². The van der Waals surface area contributed by atoms with E-state index in [4.69, 9.17) is 0 Å². The number of nitrogens with one attached hydrogen (secondary N) is 1. The molecule has 3 aromatic rings. The van der Waals surface area contributed by atoms with Crippen LogP contribution in [0.3, 0.4) is 0 Å². The molecule has 192 valence electrons. The molecule has 0 bridgehead atoms. The first-order valence-corrected chi connectivity index (χ1v) is 13.2. The highest BCUT2D eigenvalue weighted by Gasteiger charge is 2.40. The topological polar surface area (TPSA) is 52.7 Å². The van der Waals surface area contributed by atoms with Crippen LogP contribution in [0.15, 0.2) is 72.8 Å². The van der Waals surface area contributed by atoms with Crippen LogP contribution in [0.25, 0.3) is 0 Å². The standard InChI is InChI=1S/C31H34FN3O2/c1-21-10-6-17-27(32)28(21)31(37)35-19-9-16-26(29(35)23-12-4-3-5-13-23)30(36)33-24-14-7-15-25(20-24)34-18-8-11-22(34)2/h3-7,10,12-15,17,20,22,26,29H,8-9,11,16,18-19H2,1-2H3,(H,33,36)/t22-,26+,29+/m1/s1. The maximum Gasteiger partial charge on any atom is 0.257 e. The molecular formula is C31H34FN3O2. The summed E-state index contributed by atoms with van der Waals surface area (Å²) in [5, 5.41) is 3.13. The van der Waals surface area contributed by atoms with Crippen LogP contribution in [0.4, 0.5) is 15.8 Å². The van der Waals surface area contributed by atoms with Gasteiger partial charge in [0.25, 0.3) is 5.91 Å². The molecule has 0 spiro atoms. The number of halogens is 1. The number of rotatable bonds is 5. The third-order valence-corrected chi connectivity index (χ3v) is 7.80. The number of hydrogen-bond acceptors (Lipinski definition) is 3. The Morgan fingerprint density at radius 3 is 2.41 bits per heavy atom. The number of benzene rings is 3. The van der Waals surface area contributed by atoms with Gasteiger partial charge in [-0.2, -0.15) is 0 Å². The second kappa shape index (κ2) is 10.8. The van der Waals surface area contributed by atoms with E-state index in [0.717, 1.165) is 23.5 Å². The molecule has 0 unspecified atom stereocenters. The second-order valence-electron chi connectivity index (χ2n) is 10.3. The summed E-state index contributed by atoms with van der Waals surface area (Å²) in [5.74, 6) is -1.48. The third-order valence-electron chi connectivity index (χ3n) is 7.80. The minimum atomic E-state index is -0.531. The van der Waals surface area contributed by atoms with Gasteiger partial charge in [0.1, 0.15) is 5.82 Å². The van der Waals surface area contributed by atoms with Gasteiger partial charge in [-0.25, -0.2) is 4.39 Å². The van der Waals surface area contributed by atoms with Crippen LogP contribution >= 0.6 is 0 Å². The third kappa shape index (κ3) is 5.10. The van der Waals surface area contributed by atoms with E-state index in [-0.39, 0.29) is 17.4 Å². The quantitative estimate of drug-likeness (QED) is 0.445. The van der Waals surface area contributed by atoms with Crippen LogP contribution in [0.2, 0.25) is 0 Å². The van der Waals surface area contributed by atoms with Crippen molar-refractivity contribution in [3.8, 4) is 0 Å². The predicted molar refractivity (Wildman–Crippen MR) is 145 cm³/mol. The summed E-state index contributed by atoms with van der Waals surface area (Å²) in [4.78, 5) is 31.5. The van der Waals surface area contributed by atoms with Crippen LogP contribution in [0, 0.1) is 18.7 Å². The van der Waals surface area contributed by atoms with Crippen molar-refractivity contribution in [1.82, 2.24) is 4.90 Å². The molecule has 2 aliphatic heterocycles. The van der Waals surface area contributed by atoms with E-state index in [0.29, 0.717) is 31.0 Å². The number of aryl methyl sites for hydroxylation is 1. The number of likely N-dealkylation sites (tertiary alicyclic amines) is 1. The molecule has 1 N–H and O–H groups in total. The minimum absolute atomic E-state index is 0.0805. The van der Waals surface area contributed by atoms with E-state index in [1.165, 1.54) is 18.9 Å². The molecule has 2 saturated heterocycles. The predicted octanol–water partition coefficient (Wildman–Crippen LogP) is 6.36. The Labute approximate surface area is 218 Å². The summed E-state index contributed by atoms with van der Waals surface area (Å²) in [6.07, 6.45) is 3.66. The molecule has 0 radical (unpaired) electrons. The maximum atomic E-state index is 14.8. The number of hydrogen-bond donors (Lipinski definition) is 1. The number of piperidine rings is 1. The Balaban J connectivity index is 1.44. The van der Waals surface area contributed by atoms with Crippen molar-refractivity contribution in [3.05, 3.63) is 95.3 Å². The first-order chi connectivity index (χ1) is 17.9. The molecule has 0 aromatic heterocycles.